The highest BCUT2D eigenvalue weighted by Gasteiger charge is 2.07. The van der Waals surface area contributed by atoms with E-state index < -0.39 is 0 Å². The van der Waals surface area contributed by atoms with Crippen molar-refractivity contribution >= 4 is 5.91 Å². The molecule has 1 N–H and O–H groups in total. The smallest absolute Gasteiger partial charge is 0.220 e. The quantitative estimate of drug-likeness (QED) is 0.283. The molecule has 0 aliphatic heterocycles. The van der Waals surface area contributed by atoms with Crippen LogP contribution in [-0.4, -0.2) is 44.6 Å². The van der Waals surface area contributed by atoms with Crippen molar-refractivity contribution in [2.24, 2.45) is 0 Å². The Hall–Kier alpha value is -0.570. The van der Waals surface area contributed by atoms with E-state index in [1.165, 1.54) is 77.0 Å². The first-order valence-corrected chi connectivity index (χ1v) is 10.5. The van der Waals surface area contributed by atoms with Crippen LogP contribution in [0.1, 0.15) is 96.8 Å². The molecular weight excluding hydrogens is 296 g/mol. The van der Waals surface area contributed by atoms with E-state index in [-0.39, 0.29) is 5.91 Å². The summed E-state index contributed by atoms with van der Waals surface area (Å²) in [6.45, 7) is 4.06. The minimum Gasteiger partial charge on any atom is -0.350 e. The molecule has 0 aliphatic carbocycles. The lowest BCUT2D eigenvalue weighted by atomic mass is 10.0. The number of hydrogen-bond acceptors (Lipinski definition) is 1. The van der Waals surface area contributed by atoms with Crippen molar-refractivity contribution in [1.82, 2.24) is 5.32 Å². The largest absolute Gasteiger partial charge is 0.350 e. The highest BCUT2D eigenvalue weighted by Crippen LogP contribution is 2.12. The van der Waals surface area contributed by atoms with Crippen LogP contribution in [0.4, 0.5) is 0 Å². The van der Waals surface area contributed by atoms with E-state index in [1.54, 1.807) is 0 Å². The Morgan fingerprint density at radius 2 is 1.12 bits per heavy atom. The molecule has 0 spiro atoms. The molecular formula is C21H45N2O+. The Bertz CT molecular complexity index is 284. The molecule has 0 fully saturated rings. The number of carbonyl (C=O) groups excluding carboxylic acids is 1. The van der Waals surface area contributed by atoms with E-state index in [0.717, 1.165) is 24.0 Å². The monoisotopic (exact) mass is 341 g/mol. The maximum Gasteiger partial charge on any atom is 0.220 e. The zero-order chi connectivity index (χ0) is 18.1. The van der Waals surface area contributed by atoms with Gasteiger partial charge in [0.05, 0.1) is 34.2 Å². The molecule has 0 unspecified atom stereocenters. The van der Waals surface area contributed by atoms with Crippen molar-refractivity contribution in [3.63, 3.8) is 0 Å². The van der Waals surface area contributed by atoms with Gasteiger partial charge in [-0.2, -0.15) is 0 Å². The Kier molecular flexibility index (Phi) is 15.6. The summed E-state index contributed by atoms with van der Waals surface area (Å²) >= 11 is 0. The van der Waals surface area contributed by atoms with Gasteiger partial charge in [0.2, 0.25) is 5.91 Å². The van der Waals surface area contributed by atoms with Crippen molar-refractivity contribution < 1.29 is 9.28 Å². The van der Waals surface area contributed by atoms with Gasteiger partial charge in [0, 0.05) is 6.42 Å². The van der Waals surface area contributed by atoms with Gasteiger partial charge < -0.3 is 9.80 Å². The van der Waals surface area contributed by atoms with Gasteiger partial charge in [-0.25, -0.2) is 0 Å². The third kappa shape index (κ3) is 19.5. The van der Waals surface area contributed by atoms with E-state index in [2.05, 4.69) is 33.4 Å². The van der Waals surface area contributed by atoms with Gasteiger partial charge in [-0.15, -0.1) is 0 Å². The van der Waals surface area contributed by atoms with Crippen LogP contribution in [-0.2, 0) is 4.79 Å². The summed E-state index contributed by atoms with van der Waals surface area (Å²) in [5.41, 5.74) is 0. The van der Waals surface area contributed by atoms with E-state index >= 15 is 0 Å². The molecule has 3 nitrogen and oxygen atoms in total. The summed E-state index contributed by atoms with van der Waals surface area (Å²) in [5.74, 6) is 0.228. The molecule has 0 aromatic rings. The fraction of sp³-hybridized carbons (Fsp3) is 0.952. The number of nitrogens with zero attached hydrogens (tertiary/aromatic N) is 1. The number of carbonyl (C=O) groups is 1. The molecule has 24 heavy (non-hydrogen) atoms. The van der Waals surface area contributed by atoms with Gasteiger partial charge in [0.1, 0.15) is 0 Å². The van der Waals surface area contributed by atoms with Crippen molar-refractivity contribution in [2.45, 2.75) is 96.8 Å². The van der Waals surface area contributed by atoms with Crippen LogP contribution in [0.25, 0.3) is 0 Å². The lowest BCUT2D eigenvalue weighted by Gasteiger charge is -2.23. The lowest BCUT2D eigenvalue weighted by molar-refractivity contribution is -0.869. The highest BCUT2D eigenvalue weighted by atomic mass is 16.1. The average Bonchev–Trinajstić information content (AvgIpc) is 2.50. The Labute approximate surface area is 152 Å². The summed E-state index contributed by atoms with van der Waals surface area (Å²) < 4.78 is 0.902. The predicted molar refractivity (Wildman–Crippen MR) is 106 cm³/mol. The Morgan fingerprint density at radius 1 is 0.708 bits per heavy atom. The van der Waals surface area contributed by atoms with E-state index in [4.69, 9.17) is 0 Å². The number of amides is 1. The molecule has 3 heteroatoms. The number of quaternary nitrogens is 1. The second-order valence-electron chi connectivity index (χ2n) is 8.36. The molecule has 0 atom stereocenters. The molecule has 0 aromatic heterocycles. The summed E-state index contributed by atoms with van der Waals surface area (Å²) in [7, 11) is 6.45. The second-order valence-corrected chi connectivity index (χ2v) is 8.36. The van der Waals surface area contributed by atoms with Crippen LogP contribution < -0.4 is 5.32 Å². The molecule has 144 valence electrons. The molecule has 0 rings (SSSR count). The van der Waals surface area contributed by atoms with Gasteiger partial charge in [-0.05, 0) is 6.42 Å². The van der Waals surface area contributed by atoms with Crippen molar-refractivity contribution in [2.75, 3.05) is 34.2 Å². The average molecular weight is 342 g/mol. The summed E-state index contributed by atoms with van der Waals surface area (Å²) in [6, 6.07) is 0. The molecule has 0 bridgehead atoms. The maximum atomic E-state index is 11.7. The van der Waals surface area contributed by atoms with Crippen molar-refractivity contribution in [3.8, 4) is 0 Å². The third-order valence-corrected chi connectivity index (χ3v) is 4.61. The van der Waals surface area contributed by atoms with E-state index in [1.807, 2.05) is 0 Å². The molecule has 0 heterocycles. The summed E-state index contributed by atoms with van der Waals surface area (Å²) in [6.07, 6.45) is 18.3. The molecule has 0 saturated heterocycles. The van der Waals surface area contributed by atoms with Gasteiger partial charge in [-0.1, -0.05) is 84.0 Å². The number of hydrogen-bond donors (Lipinski definition) is 1. The third-order valence-electron chi connectivity index (χ3n) is 4.61. The van der Waals surface area contributed by atoms with Gasteiger partial charge in [0.25, 0.3) is 0 Å². The normalized spacial score (nSPS) is 11.7. The fourth-order valence-corrected chi connectivity index (χ4v) is 2.92. The number of nitrogens with one attached hydrogen (secondary N) is 1. The minimum absolute atomic E-state index is 0.228. The van der Waals surface area contributed by atoms with Crippen LogP contribution in [0.3, 0.4) is 0 Å². The van der Waals surface area contributed by atoms with Gasteiger partial charge in [0.15, 0.2) is 0 Å². The van der Waals surface area contributed by atoms with Gasteiger partial charge >= 0.3 is 0 Å². The van der Waals surface area contributed by atoms with Crippen LogP contribution in [0.2, 0.25) is 0 Å². The fourth-order valence-electron chi connectivity index (χ4n) is 2.92. The molecule has 0 aliphatic rings. The zero-order valence-electron chi connectivity index (χ0n) is 17.2. The SMILES string of the molecule is CCCCCCCCCCCCCCCC(=O)NCC[N+](C)(C)C. The first-order valence-electron chi connectivity index (χ1n) is 10.5. The lowest BCUT2D eigenvalue weighted by Crippen LogP contribution is -2.41. The summed E-state index contributed by atoms with van der Waals surface area (Å²) in [5, 5.41) is 3.03. The van der Waals surface area contributed by atoms with Crippen LogP contribution in [0, 0.1) is 0 Å². The minimum atomic E-state index is 0.228. The molecule has 0 radical (unpaired) electrons. The van der Waals surface area contributed by atoms with Crippen LogP contribution in [0.5, 0.6) is 0 Å². The summed E-state index contributed by atoms with van der Waals surface area (Å²) in [4.78, 5) is 11.7. The molecule has 0 saturated carbocycles. The Morgan fingerprint density at radius 3 is 1.54 bits per heavy atom. The zero-order valence-corrected chi connectivity index (χ0v) is 17.2. The first kappa shape index (κ1) is 23.4. The Balaban J connectivity index is 3.18. The highest BCUT2D eigenvalue weighted by molar-refractivity contribution is 5.75. The van der Waals surface area contributed by atoms with Crippen molar-refractivity contribution in [3.05, 3.63) is 0 Å². The van der Waals surface area contributed by atoms with Crippen molar-refractivity contribution in [1.29, 1.82) is 0 Å². The molecule has 1 amide bonds. The standard InChI is InChI=1S/C21H44N2O/c1-5-6-7-8-9-10-11-12-13-14-15-16-17-18-21(24)22-19-20-23(2,3)4/h5-20H2,1-4H3/p+1. The topological polar surface area (TPSA) is 29.1 Å². The molecule has 0 aromatic carbocycles. The number of rotatable bonds is 17. The van der Waals surface area contributed by atoms with E-state index in [9.17, 15) is 4.79 Å². The number of likely N-dealkylation sites (N-methyl/N-ethyl adjacent to an activating group) is 1. The van der Waals surface area contributed by atoms with E-state index in [0.29, 0.717) is 6.42 Å². The number of unbranched alkanes of at least 4 members (excludes halogenated alkanes) is 12. The first-order chi connectivity index (χ1) is 11.5. The maximum absolute atomic E-state index is 11.7. The van der Waals surface area contributed by atoms with Crippen LogP contribution in [0.15, 0.2) is 0 Å². The van der Waals surface area contributed by atoms with Crippen LogP contribution >= 0.6 is 0 Å². The second kappa shape index (κ2) is 15.9. The predicted octanol–water partition coefficient (Wildman–Crippen LogP) is 5.29. The van der Waals surface area contributed by atoms with Gasteiger partial charge in [-0.3, -0.25) is 4.79 Å².